The van der Waals surface area contributed by atoms with Crippen molar-refractivity contribution in [3.05, 3.63) is 54.1 Å². The first-order chi connectivity index (χ1) is 11.9. The van der Waals surface area contributed by atoms with E-state index in [1.807, 2.05) is 0 Å². The van der Waals surface area contributed by atoms with E-state index in [1.54, 1.807) is 18.4 Å². The van der Waals surface area contributed by atoms with Gasteiger partial charge in [0.1, 0.15) is 0 Å². The lowest BCUT2D eigenvalue weighted by Crippen LogP contribution is -2.13. The SMILES string of the molecule is CSc1nnnn1-c1cccc(NS(=O)(=O)c2ccc(F)c(F)c2)c1. The molecule has 0 bridgehead atoms. The van der Waals surface area contributed by atoms with Crippen LogP contribution in [-0.2, 0) is 10.0 Å². The summed E-state index contributed by atoms with van der Waals surface area (Å²) in [6, 6.07) is 8.71. The van der Waals surface area contributed by atoms with Crippen LogP contribution < -0.4 is 4.72 Å². The van der Waals surface area contributed by atoms with Crippen LogP contribution in [0.4, 0.5) is 14.5 Å². The molecule has 0 aliphatic heterocycles. The molecule has 1 heterocycles. The Morgan fingerprint density at radius 1 is 1.12 bits per heavy atom. The molecule has 25 heavy (non-hydrogen) atoms. The molecule has 0 aliphatic rings. The summed E-state index contributed by atoms with van der Waals surface area (Å²) in [5.41, 5.74) is 0.768. The van der Waals surface area contributed by atoms with Gasteiger partial charge in [0.25, 0.3) is 10.0 Å². The second kappa shape index (κ2) is 6.76. The van der Waals surface area contributed by atoms with Crippen LogP contribution in [0.5, 0.6) is 0 Å². The molecular weight excluding hydrogens is 372 g/mol. The number of hydrogen-bond donors (Lipinski definition) is 1. The molecule has 0 radical (unpaired) electrons. The van der Waals surface area contributed by atoms with Crippen molar-refractivity contribution in [1.29, 1.82) is 0 Å². The highest BCUT2D eigenvalue weighted by molar-refractivity contribution is 7.98. The highest BCUT2D eigenvalue weighted by atomic mass is 32.2. The molecule has 0 aliphatic carbocycles. The number of halogens is 2. The molecule has 1 N–H and O–H groups in total. The number of nitrogens with one attached hydrogen (secondary N) is 1. The van der Waals surface area contributed by atoms with Gasteiger partial charge < -0.3 is 0 Å². The highest BCUT2D eigenvalue weighted by Gasteiger charge is 2.17. The molecule has 1 aromatic heterocycles. The van der Waals surface area contributed by atoms with Gasteiger partial charge in [0.15, 0.2) is 11.6 Å². The van der Waals surface area contributed by atoms with E-state index in [-0.39, 0.29) is 10.6 Å². The maximum Gasteiger partial charge on any atom is 0.262 e. The molecule has 0 spiro atoms. The number of aromatic nitrogens is 4. The lowest BCUT2D eigenvalue weighted by Gasteiger charge is -2.10. The van der Waals surface area contributed by atoms with Crippen LogP contribution in [0.25, 0.3) is 5.69 Å². The number of nitrogens with zero attached hydrogens (tertiary/aromatic N) is 4. The van der Waals surface area contributed by atoms with Gasteiger partial charge in [-0.05, 0) is 53.1 Å². The normalized spacial score (nSPS) is 11.5. The van der Waals surface area contributed by atoms with E-state index in [4.69, 9.17) is 0 Å². The van der Waals surface area contributed by atoms with Crippen molar-refractivity contribution in [2.75, 3.05) is 11.0 Å². The Bertz CT molecular complexity index is 1020. The summed E-state index contributed by atoms with van der Waals surface area (Å²) in [7, 11) is -4.08. The van der Waals surface area contributed by atoms with Crippen LogP contribution in [0, 0.1) is 11.6 Å². The van der Waals surface area contributed by atoms with Crippen LogP contribution in [0.2, 0.25) is 0 Å². The third-order valence-electron chi connectivity index (χ3n) is 3.17. The van der Waals surface area contributed by atoms with Gasteiger partial charge in [0.05, 0.1) is 16.3 Å². The Morgan fingerprint density at radius 3 is 2.64 bits per heavy atom. The number of anilines is 1. The zero-order valence-electron chi connectivity index (χ0n) is 12.7. The van der Waals surface area contributed by atoms with E-state index in [2.05, 4.69) is 20.2 Å². The lowest BCUT2D eigenvalue weighted by atomic mass is 10.3. The smallest absolute Gasteiger partial charge is 0.262 e. The Kier molecular flexibility index (Phi) is 4.68. The number of hydrogen-bond acceptors (Lipinski definition) is 6. The van der Waals surface area contributed by atoms with Gasteiger partial charge in [-0.3, -0.25) is 4.72 Å². The maximum absolute atomic E-state index is 13.3. The van der Waals surface area contributed by atoms with E-state index < -0.39 is 21.7 Å². The minimum Gasteiger partial charge on any atom is -0.280 e. The average molecular weight is 383 g/mol. The molecule has 2 aromatic carbocycles. The second-order valence-corrected chi connectivity index (χ2v) is 7.26. The fraction of sp³-hybridized carbons (Fsp3) is 0.0714. The quantitative estimate of drug-likeness (QED) is 0.681. The summed E-state index contributed by atoms with van der Waals surface area (Å²) < 4.78 is 54.7. The van der Waals surface area contributed by atoms with Crippen molar-refractivity contribution < 1.29 is 17.2 Å². The molecule has 0 amide bonds. The monoisotopic (exact) mass is 383 g/mol. The van der Waals surface area contributed by atoms with Gasteiger partial charge >= 0.3 is 0 Å². The summed E-state index contributed by atoms with van der Waals surface area (Å²) in [5, 5.41) is 11.8. The number of benzene rings is 2. The van der Waals surface area contributed by atoms with Crippen LogP contribution in [0.3, 0.4) is 0 Å². The molecular formula is C14H11F2N5O2S2. The second-order valence-electron chi connectivity index (χ2n) is 4.81. The third kappa shape index (κ3) is 3.61. The zero-order chi connectivity index (χ0) is 18.0. The highest BCUT2D eigenvalue weighted by Crippen LogP contribution is 2.22. The summed E-state index contributed by atoms with van der Waals surface area (Å²) >= 11 is 1.33. The van der Waals surface area contributed by atoms with Crippen molar-refractivity contribution in [2.45, 2.75) is 10.1 Å². The summed E-state index contributed by atoms with van der Waals surface area (Å²) in [4.78, 5) is -0.385. The molecule has 0 saturated carbocycles. The predicted octanol–water partition coefficient (Wildman–Crippen LogP) is 2.46. The van der Waals surface area contributed by atoms with Crippen molar-refractivity contribution in [2.24, 2.45) is 0 Å². The summed E-state index contributed by atoms with van der Waals surface area (Å²) in [6.45, 7) is 0. The minimum absolute atomic E-state index is 0.227. The van der Waals surface area contributed by atoms with Crippen molar-refractivity contribution in [3.8, 4) is 5.69 Å². The van der Waals surface area contributed by atoms with Crippen LogP contribution in [0.15, 0.2) is 52.5 Å². The molecule has 0 unspecified atom stereocenters. The van der Waals surface area contributed by atoms with Crippen molar-refractivity contribution in [1.82, 2.24) is 20.2 Å². The minimum atomic E-state index is -4.08. The molecule has 3 aromatic rings. The van der Waals surface area contributed by atoms with Gasteiger partial charge in [-0.2, -0.15) is 4.68 Å². The van der Waals surface area contributed by atoms with E-state index >= 15 is 0 Å². The Morgan fingerprint density at radius 2 is 1.92 bits per heavy atom. The van der Waals surface area contributed by atoms with Gasteiger partial charge in [-0.15, -0.1) is 5.10 Å². The predicted molar refractivity (Wildman–Crippen MR) is 88.1 cm³/mol. The van der Waals surface area contributed by atoms with E-state index in [9.17, 15) is 17.2 Å². The van der Waals surface area contributed by atoms with Gasteiger partial charge in [0.2, 0.25) is 5.16 Å². The number of thioether (sulfide) groups is 1. The molecule has 0 fully saturated rings. The lowest BCUT2D eigenvalue weighted by molar-refractivity contribution is 0.504. The Hall–Kier alpha value is -2.53. The first kappa shape index (κ1) is 17.3. The van der Waals surface area contributed by atoms with Gasteiger partial charge in [-0.25, -0.2) is 17.2 Å². The van der Waals surface area contributed by atoms with Crippen LogP contribution >= 0.6 is 11.8 Å². The average Bonchev–Trinajstić information content (AvgIpc) is 3.06. The fourth-order valence-corrected chi connectivity index (χ4v) is 3.52. The Balaban J connectivity index is 1.92. The summed E-state index contributed by atoms with van der Waals surface area (Å²) in [5.74, 6) is -2.36. The van der Waals surface area contributed by atoms with E-state index in [0.29, 0.717) is 16.9 Å². The van der Waals surface area contributed by atoms with E-state index in [1.165, 1.54) is 28.6 Å². The number of sulfonamides is 1. The van der Waals surface area contributed by atoms with Crippen LogP contribution in [0.1, 0.15) is 0 Å². The first-order valence-electron chi connectivity index (χ1n) is 6.81. The van der Waals surface area contributed by atoms with E-state index in [0.717, 1.165) is 12.1 Å². The topological polar surface area (TPSA) is 89.8 Å². The fourth-order valence-electron chi connectivity index (χ4n) is 2.03. The van der Waals surface area contributed by atoms with Crippen LogP contribution in [-0.4, -0.2) is 34.9 Å². The third-order valence-corrected chi connectivity index (χ3v) is 5.17. The standard InChI is InChI=1S/C14H11F2N5O2S2/c1-24-14-17-19-20-21(14)10-4-2-3-9(7-10)18-25(22,23)11-5-6-12(15)13(16)8-11/h2-8,18H,1H3. The molecule has 3 rings (SSSR count). The molecule has 130 valence electrons. The van der Waals surface area contributed by atoms with Gasteiger partial charge in [0, 0.05) is 0 Å². The van der Waals surface area contributed by atoms with Gasteiger partial charge in [-0.1, -0.05) is 17.8 Å². The molecule has 0 saturated heterocycles. The number of tetrazole rings is 1. The van der Waals surface area contributed by atoms with Crippen molar-refractivity contribution in [3.63, 3.8) is 0 Å². The summed E-state index contributed by atoms with van der Waals surface area (Å²) in [6.07, 6.45) is 1.80. The zero-order valence-corrected chi connectivity index (χ0v) is 14.4. The molecule has 7 nitrogen and oxygen atoms in total. The number of rotatable bonds is 5. The van der Waals surface area contributed by atoms with Crippen molar-refractivity contribution >= 4 is 27.5 Å². The largest absolute Gasteiger partial charge is 0.280 e. The first-order valence-corrected chi connectivity index (χ1v) is 9.52. The molecule has 11 heteroatoms. The molecule has 0 atom stereocenters. The Labute approximate surface area is 146 Å². The maximum atomic E-state index is 13.3.